The summed E-state index contributed by atoms with van der Waals surface area (Å²) in [5.74, 6) is 0. The van der Waals surface area contributed by atoms with Crippen LogP contribution in [0.5, 0.6) is 0 Å². The molecule has 12 heavy (non-hydrogen) atoms. The number of benzene rings is 1. The van der Waals surface area contributed by atoms with E-state index in [4.69, 9.17) is 0 Å². The van der Waals surface area contributed by atoms with E-state index in [9.17, 15) is 0 Å². The van der Waals surface area contributed by atoms with Crippen molar-refractivity contribution in [3.8, 4) is 0 Å². The molecule has 66 valence electrons. The van der Waals surface area contributed by atoms with Gasteiger partial charge in [0.25, 0.3) is 0 Å². The average molecular weight is 162 g/mol. The summed E-state index contributed by atoms with van der Waals surface area (Å²) in [4.78, 5) is 0. The molecule has 0 aromatic heterocycles. The van der Waals surface area contributed by atoms with Crippen LogP contribution in [0.1, 0.15) is 32.4 Å². The van der Waals surface area contributed by atoms with E-state index in [1.54, 1.807) is 0 Å². The lowest BCUT2D eigenvalue weighted by Crippen LogP contribution is -1.76. The van der Waals surface area contributed by atoms with Crippen molar-refractivity contribution in [2.24, 2.45) is 0 Å². The lowest BCUT2D eigenvalue weighted by Gasteiger charge is -1.93. The molecule has 1 aromatic rings. The normalized spacial score (nSPS) is 10.8. The van der Waals surface area contributed by atoms with E-state index < -0.39 is 0 Å². The van der Waals surface area contributed by atoms with Gasteiger partial charge in [0.15, 0.2) is 0 Å². The topological polar surface area (TPSA) is 0 Å². The van der Waals surface area contributed by atoms with Crippen LogP contribution in [0.3, 0.4) is 0 Å². The van der Waals surface area contributed by atoms with Gasteiger partial charge in [0.2, 0.25) is 0 Å². The molecule has 0 bridgehead atoms. The van der Waals surface area contributed by atoms with E-state index in [-0.39, 0.29) is 7.43 Å². The summed E-state index contributed by atoms with van der Waals surface area (Å²) in [6.45, 7) is 4.00. The summed E-state index contributed by atoms with van der Waals surface area (Å²) in [5, 5.41) is 0. The van der Waals surface area contributed by atoms with E-state index in [2.05, 4.69) is 36.4 Å². The molecule has 0 unspecified atom stereocenters. The standard InChI is InChI=1S/C9H8.C2H6.CH4/c1-2-5-9-7-3-6-8(9)4-1;1-2;/h1-6H,7H2;1-2H3;1H4. The van der Waals surface area contributed by atoms with E-state index in [0.717, 1.165) is 6.42 Å². The first-order chi connectivity index (χ1) is 5.47. The zero-order chi connectivity index (χ0) is 8.10. The van der Waals surface area contributed by atoms with Gasteiger partial charge in [-0.1, -0.05) is 57.7 Å². The minimum atomic E-state index is 0. The molecule has 2 rings (SSSR count). The van der Waals surface area contributed by atoms with E-state index in [0.29, 0.717) is 0 Å². The molecular weight excluding hydrogens is 144 g/mol. The molecule has 0 atom stereocenters. The van der Waals surface area contributed by atoms with Crippen LogP contribution in [0, 0.1) is 0 Å². The molecule has 0 fully saturated rings. The molecular formula is C12H18. The van der Waals surface area contributed by atoms with Crippen molar-refractivity contribution in [3.63, 3.8) is 0 Å². The maximum Gasteiger partial charge on any atom is -0.00882 e. The van der Waals surface area contributed by atoms with Gasteiger partial charge >= 0.3 is 0 Å². The van der Waals surface area contributed by atoms with Crippen LogP contribution in [0.4, 0.5) is 0 Å². The van der Waals surface area contributed by atoms with Gasteiger partial charge in [-0.05, 0) is 17.5 Å². The average Bonchev–Trinajstić information content (AvgIpc) is 2.55. The highest BCUT2D eigenvalue weighted by Crippen LogP contribution is 2.17. The van der Waals surface area contributed by atoms with Crippen LogP contribution in [-0.2, 0) is 6.42 Å². The molecule has 0 amide bonds. The molecule has 0 N–H and O–H groups in total. The first-order valence-corrected chi connectivity index (χ1v) is 4.21. The molecule has 0 nitrogen and oxygen atoms in total. The molecule has 1 aliphatic rings. The van der Waals surface area contributed by atoms with Crippen LogP contribution in [0.25, 0.3) is 6.08 Å². The minimum Gasteiger partial charge on any atom is -0.0795 e. The first-order valence-electron chi connectivity index (χ1n) is 4.21. The van der Waals surface area contributed by atoms with Crippen LogP contribution in [0.15, 0.2) is 30.3 Å². The van der Waals surface area contributed by atoms with Gasteiger partial charge in [0.1, 0.15) is 0 Å². The summed E-state index contributed by atoms with van der Waals surface area (Å²) in [6.07, 6.45) is 5.50. The quantitative estimate of drug-likeness (QED) is 0.542. The Labute approximate surface area is 75.9 Å². The number of fused-ring (bicyclic) bond motifs is 1. The van der Waals surface area contributed by atoms with Crippen molar-refractivity contribution < 1.29 is 0 Å². The van der Waals surface area contributed by atoms with E-state index in [1.807, 2.05) is 13.8 Å². The largest absolute Gasteiger partial charge is 0.0795 e. The molecule has 0 saturated carbocycles. The molecule has 0 heterocycles. The molecule has 0 heteroatoms. The van der Waals surface area contributed by atoms with E-state index in [1.165, 1.54) is 11.1 Å². The predicted molar refractivity (Wildman–Crippen MR) is 57.3 cm³/mol. The zero-order valence-electron chi connectivity index (χ0n) is 7.17. The number of allylic oxidation sites excluding steroid dienone is 1. The van der Waals surface area contributed by atoms with E-state index >= 15 is 0 Å². The lowest BCUT2D eigenvalue weighted by atomic mass is 10.1. The number of hydrogen-bond donors (Lipinski definition) is 0. The Balaban J connectivity index is 0.000000378. The second-order valence-electron chi connectivity index (χ2n) is 2.31. The summed E-state index contributed by atoms with van der Waals surface area (Å²) in [5.41, 5.74) is 2.84. The van der Waals surface area contributed by atoms with Gasteiger partial charge in [-0.2, -0.15) is 0 Å². The maximum absolute atomic E-state index is 2.20. The minimum absolute atomic E-state index is 0. The fourth-order valence-corrected chi connectivity index (χ4v) is 1.20. The zero-order valence-corrected chi connectivity index (χ0v) is 7.17. The van der Waals surface area contributed by atoms with Crippen LogP contribution >= 0.6 is 0 Å². The van der Waals surface area contributed by atoms with Gasteiger partial charge in [-0.15, -0.1) is 0 Å². The van der Waals surface area contributed by atoms with Crippen molar-refractivity contribution in [2.75, 3.05) is 0 Å². The Hall–Kier alpha value is -1.04. The Morgan fingerprint density at radius 2 is 1.75 bits per heavy atom. The predicted octanol–water partition coefficient (Wildman–Crippen LogP) is 3.92. The van der Waals surface area contributed by atoms with Gasteiger partial charge in [0, 0.05) is 0 Å². The summed E-state index contributed by atoms with van der Waals surface area (Å²) in [7, 11) is 0. The van der Waals surface area contributed by atoms with Crippen molar-refractivity contribution >= 4 is 6.08 Å². The summed E-state index contributed by atoms with van der Waals surface area (Å²) >= 11 is 0. The fourth-order valence-electron chi connectivity index (χ4n) is 1.20. The van der Waals surface area contributed by atoms with Crippen molar-refractivity contribution in [2.45, 2.75) is 27.7 Å². The number of rotatable bonds is 0. The van der Waals surface area contributed by atoms with Crippen LogP contribution < -0.4 is 0 Å². The Bertz CT molecular complexity index is 246. The Morgan fingerprint density at radius 3 is 2.42 bits per heavy atom. The highest BCUT2D eigenvalue weighted by molar-refractivity contribution is 5.59. The highest BCUT2D eigenvalue weighted by Gasteiger charge is 2.00. The monoisotopic (exact) mass is 162 g/mol. The third kappa shape index (κ3) is 2.23. The smallest absolute Gasteiger partial charge is 0.00882 e. The van der Waals surface area contributed by atoms with Crippen molar-refractivity contribution in [1.82, 2.24) is 0 Å². The second-order valence-corrected chi connectivity index (χ2v) is 2.31. The maximum atomic E-state index is 2.20. The third-order valence-electron chi connectivity index (χ3n) is 1.69. The first kappa shape index (κ1) is 11.0. The fraction of sp³-hybridized carbons (Fsp3) is 0.333. The molecule has 1 aromatic carbocycles. The van der Waals surface area contributed by atoms with Gasteiger partial charge in [-0.25, -0.2) is 0 Å². The van der Waals surface area contributed by atoms with Crippen molar-refractivity contribution in [1.29, 1.82) is 0 Å². The van der Waals surface area contributed by atoms with Crippen LogP contribution in [-0.4, -0.2) is 0 Å². The number of hydrogen-bond acceptors (Lipinski definition) is 0. The lowest BCUT2D eigenvalue weighted by molar-refractivity contribution is 1.31. The van der Waals surface area contributed by atoms with Gasteiger partial charge in [0.05, 0.1) is 0 Å². The summed E-state index contributed by atoms with van der Waals surface area (Å²) in [6, 6.07) is 8.49. The van der Waals surface area contributed by atoms with Gasteiger partial charge < -0.3 is 0 Å². The van der Waals surface area contributed by atoms with Crippen molar-refractivity contribution in [3.05, 3.63) is 41.5 Å². The van der Waals surface area contributed by atoms with Gasteiger partial charge in [-0.3, -0.25) is 0 Å². The SMILES string of the molecule is C.C1=Cc2ccccc2C1.CC. The molecule has 0 aliphatic heterocycles. The Kier molecular flexibility index (Phi) is 5.11. The molecule has 1 aliphatic carbocycles. The molecule has 0 spiro atoms. The van der Waals surface area contributed by atoms with Crippen LogP contribution in [0.2, 0.25) is 0 Å². The molecule has 0 saturated heterocycles. The highest BCUT2D eigenvalue weighted by atomic mass is 14.0. The molecule has 0 radical (unpaired) electrons. The summed E-state index contributed by atoms with van der Waals surface area (Å²) < 4.78 is 0. The second kappa shape index (κ2) is 5.59. The Morgan fingerprint density at radius 1 is 1.08 bits per heavy atom. The third-order valence-corrected chi connectivity index (χ3v) is 1.69.